The van der Waals surface area contributed by atoms with Gasteiger partial charge < -0.3 is 16.0 Å². The standard InChI is InChI=1S/C14H18N4O3/c1-2-16-14(19)8-3-4-11(12(5-8)18(20)21)17-13-9-6-15-7-10(9)13/h3-5,9-10,13,15,17H,2,6-7H2,1H3,(H,16,19). The molecule has 1 aliphatic carbocycles. The summed E-state index contributed by atoms with van der Waals surface area (Å²) in [5.41, 5.74) is 0.760. The number of carbonyl (C=O) groups is 1. The van der Waals surface area contributed by atoms with Crippen LogP contribution in [0.4, 0.5) is 11.4 Å². The normalized spacial score (nSPS) is 26.0. The lowest BCUT2D eigenvalue weighted by molar-refractivity contribution is -0.384. The van der Waals surface area contributed by atoms with Gasteiger partial charge in [0.15, 0.2) is 0 Å². The highest BCUT2D eigenvalue weighted by Crippen LogP contribution is 2.44. The number of fused-ring (bicyclic) bond motifs is 1. The lowest BCUT2D eigenvalue weighted by Crippen LogP contribution is -2.23. The molecule has 0 aromatic heterocycles. The van der Waals surface area contributed by atoms with Crippen molar-refractivity contribution < 1.29 is 9.72 Å². The number of carbonyl (C=O) groups excluding carboxylic acids is 1. The molecule has 2 aliphatic rings. The summed E-state index contributed by atoms with van der Waals surface area (Å²) in [7, 11) is 0. The molecule has 0 radical (unpaired) electrons. The van der Waals surface area contributed by atoms with Gasteiger partial charge in [-0.2, -0.15) is 0 Å². The summed E-state index contributed by atoms with van der Waals surface area (Å²) in [5, 5.41) is 20.4. The van der Waals surface area contributed by atoms with Gasteiger partial charge in [-0.15, -0.1) is 0 Å². The molecule has 21 heavy (non-hydrogen) atoms. The highest BCUT2D eigenvalue weighted by molar-refractivity contribution is 5.95. The minimum absolute atomic E-state index is 0.0447. The Hall–Kier alpha value is -2.15. The maximum absolute atomic E-state index is 11.8. The smallest absolute Gasteiger partial charge is 0.293 e. The summed E-state index contributed by atoms with van der Waals surface area (Å²) in [5.74, 6) is 0.833. The first-order valence-corrected chi connectivity index (χ1v) is 7.15. The maximum Gasteiger partial charge on any atom is 0.293 e. The zero-order valence-corrected chi connectivity index (χ0v) is 11.8. The lowest BCUT2D eigenvalue weighted by Gasteiger charge is -2.10. The molecule has 2 unspecified atom stereocenters. The molecule has 112 valence electrons. The Bertz CT molecular complexity index is 580. The zero-order chi connectivity index (χ0) is 15.0. The van der Waals surface area contributed by atoms with Crippen LogP contribution in [0, 0.1) is 22.0 Å². The summed E-state index contributed by atoms with van der Waals surface area (Å²) in [6.45, 7) is 4.23. The van der Waals surface area contributed by atoms with Crippen molar-refractivity contribution in [2.24, 2.45) is 11.8 Å². The largest absolute Gasteiger partial charge is 0.376 e. The number of nitrogens with one attached hydrogen (secondary N) is 3. The fraction of sp³-hybridized carbons (Fsp3) is 0.500. The molecule has 1 aromatic rings. The maximum atomic E-state index is 11.8. The van der Waals surface area contributed by atoms with Crippen LogP contribution in [-0.2, 0) is 0 Å². The fourth-order valence-electron chi connectivity index (χ4n) is 3.02. The number of nitrogens with zero attached hydrogens (tertiary/aromatic N) is 1. The van der Waals surface area contributed by atoms with Gasteiger partial charge in [-0.3, -0.25) is 14.9 Å². The van der Waals surface area contributed by atoms with Crippen LogP contribution in [0.25, 0.3) is 0 Å². The number of amides is 1. The molecule has 1 saturated heterocycles. The zero-order valence-electron chi connectivity index (χ0n) is 11.8. The van der Waals surface area contributed by atoms with Crippen molar-refractivity contribution in [3.8, 4) is 0 Å². The van der Waals surface area contributed by atoms with Crippen molar-refractivity contribution in [2.45, 2.75) is 13.0 Å². The van der Waals surface area contributed by atoms with E-state index >= 15 is 0 Å². The van der Waals surface area contributed by atoms with Crippen LogP contribution in [0.15, 0.2) is 18.2 Å². The molecule has 1 aromatic carbocycles. The first kappa shape index (κ1) is 13.8. The van der Waals surface area contributed by atoms with E-state index in [2.05, 4.69) is 16.0 Å². The van der Waals surface area contributed by atoms with Gasteiger partial charge >= 0.3 is 0 Å². The van der Waals surface area contributed by atoms with Gasteiger partial charge in [-0.05, 0) is 30.9 Å². The number of hydrogen-bond acceptors (Lipinski definition) is 5. The predicted octanol–water partition coefficient (Wildman–Crippen LogP) is 0.974. The number of nitro benzene ring substituents is 1. The topological polar surface area (TPSA) is 96.3 Å². The third-order valence-corrected chi connectivity index (χ3v) is 4.21. The fourth-order valence-corrected chi connectivity index (χ4v) is 3.02. The molecule has 2 fully saturated rings. The van der Waals surface area contributed by atoms with Crippen LogP contribution in [0.1, 0.15) is 17.3 Å². The molecule has 0 spiro atoms. The van der Waals surface area contributed by atoms with Crippen molar-refractivity contribution in [1.29, 1.82) is 0 Å². The van der Waals surface area contributed by atoms with Gasteiger partial charge in [-0.25, -0.2) is 0 Å². The molecule has 0 bridgehead atoms. The molecule has 1 aliphatic heterocycles. The van der Waals surface area contributed by atoms with Crippen molar-refractivity contribution in [3.05, 3.63) is 33.9 Å². The molecule has 7 heteroatoms. The molecule has 1 amide bonds. The average Bonchev–Trinajstić information content (AvgIpc) is 2.89. The second kappa shape index (κ2) is 5.33. The summed E-state index contributed by atoms with van der Waals surface area (Å²) in [6.07, 6.45) is 0. The summed E-state index contributed by atoms with van der Waals surface area (Å²) in [6, 6.07) is 4.89. The highest BCUT2D eigenvalue weighted by Gasteiger charge is 2.53. The monoisotopic (exact) mass is 290 g/mol. The molecular weight excluding hydrogens is 272 g/mol. The van der Waals surface area contributed by atoms with E-state index in [4.69, 9.17) is 0 Å². The van der Waals surface area contributed by atoms with Crippen LogP contribution >= 0.6 is 0 Å². The minimum Gasteiger partial charge on any atom is -0.376 e. The van der Waals surface area contributed by atoms with E-state index in [-0.39, 0.29) is 11.6 Å². The van der Waals surface area contributed by atoms with Crippen molar-refractivity contribution in [1.82, 2.24) is 10.6 Å². The molecule has 3 rings (SSSR count). The quantitative estimate of drug-likeness (QED) is 0.555. The second-order valence-corrected chi connectivity index (χ2v) is 5.50. The lowest BCUT2D eigenvalue weighted by atomic mass is 10.1. The van der Waals surface area contributed by atoms with Gasteiger partial charge in [0.05, 0.1) is 4.92 Å². The Kier molecular flexibility index (Phi) is 3.50. The van der Waals surface area contributed by atoms with Gasteiger partial charge in [0, 0.05) is 37.3 Å². The first-order valence-electron chi connectivity index (χ1n) is 7.15. The van der Waals surface area contributed by atoms with Crippen LogP contribution in [0.3, 0.4) is 0 Å². The molecule has 1 heterocycles. The van der Waals surface area contributed by atoms with Gasteiger partial charge in [-0.1, -0.05) is 0 Å². The van der Waals surface area contributed by atoms with Crippen LogP contribution < -0.4 is 16.0 Å². The Balaban J connectivity index is 1.80. The van der Waals surface area contributed by atoms with E-state index in [1.54, 1.807) is 12.1 Å². The van der Waals surface area contributed by atoms with Gasteiger partial charge in [0.25, 0.3) is 11.6 Å². The van der Waals surface area contributed by atoms with Crippen LogP contribution in [0.5, 0.6) is 0 Å². The highest BCUT2D eigenvalue weighted by atomic mass is 16.6. The molecule has 7 nitrogen and oxygen atoms in total. The SMILES string of the molecule is CCNC(=O)c1ccc(NC2C3CNCC32)c([N+](=O)[O-])c1. The van der Waals surface area contributed by atoms with E-state index in [0.717, 1.165) is 13.1 Å². The third-order valence-electron chi connectivity index (χ3n) is 4.21. The van der Waals surface area contributed by atoms with Crippen LogP contribution in [0.2, 0.25) is 0 Å². The third kappa shape index (κ3) is 2.56. The molecular formula is C14H18N4O3. The number of benzene rings is 1. The Morgan fingerprint density at radius 1 is 1.43 bits per heavy atom. The second-order valence-electron chi connectivity index (χ2n) is 5.50. The van der Waals surface area contributed by atoms with Gasteiger partial charge in [0.1, 0.15) is 5.69 Å². The van der Waals surface area contributed by atoms with E-state index < -0.39 is 4.92 Å². The molecule has 2 atom stereocenters. The minimum atomic E-state index is -0.443. The van der Waals surface area contributed by atoms with Crippen molar-refractivity contribution in [2.75, 3.05) is 25.0 Å². The van der Waals surface area contributed by atoms with E-state index in [0.29, 0.717) is 35.7 Å². The number of anilines is 1. The van der Waals surface area contributed by atoms with E-state index in [1.165, 1.54) is 6.07 Å². The predicted molar refractivity (Wildman–Crippen MR) is 78.4 cm³/mol. The van der Waals surface area contributed by atoms with Crippen molar-refractivity contribution in [3.63, 3.8) is 0 Å². The summed E-state index contributed by atoms with van der Waals surface area (Å²) < 4.78 is 0. The summed E-state index contributed by atoms with van der Waals surface area (Å²) in [4.78, 5) is 22.5. The number of piperidine rings is 1. The van der Waals surface area contributed by atoms with Crippen LogP contribution in [-0.4, -0.2) is 36.5 Å². The number of rotatable bonds is 5. The Labute approximate surface area is 122 Å². The first-order chi connectivity index (χ1) is 10.1. The number of nitro groups is 1. The summed E-state index contributed by atoms with van der Waals surface area (Å²) >= 11 is 0. The number of hydrogen-bond donors (Lipinski definition) is 3. The average molecular weight is 290 g/mol. The van der Waals surface area contributed by atoms with Gasteiger partial charge in [0.2, 0.25) is 0 Å². The molecule has 3 N–H and O–H groups in total. The molecule has 1 saturated carbocycles. The van der Waals surface area contributed by atoms with E-state index in [1.807, 2.05) is 6.92 Å². The van der Waals surface area contributed by atoms with E-state index in [9.17, 15) is 14.9 Å². The Morgan fingerprint density at radius 2 is 2.14 bits per heavy atom. The Morgan fingerprint density at radius 3 is 2.76 bits per heavy atom. The van der Waals surface area contributed by atoms with Crippen molar-refractivity contribution >= 4 is 17.3 Å².